The second-order valence-corrected chi connectivity index (χ2v) is 6.73. The van der Waals surface area contributed by atoms with Crippen LogP contribution in [-0.4, -0.2) is 22.2 Å². The average molecular weight is 268 g/mol. The third-order valence-electron chi connectivity index (χ3n) is 5.13. The minimum Gasteiger partial charge on any atom is -0.481 e. The highest BCUT2D eigenvalue weighted by Gasteiger charge is 2.46. The average Bonchev–Trinajstić information content (AvgIpc) is 2.27. The van der Waals surface area contributed by atoms with Crippen molar-refractivity contribution in [2.45, 2.75) is 70.6 Å². The minimum atomic E-state index is -0.853. The summed E-state index contributed by atoms with van der Waals surface area (Å²) >= 11 is 0. The molecule has 2 aliphatic carbocycles. The van der Waals surface area contributed by atoms with E-state index in [-0.39, 0.29) is 18.3 Å². The molecule has 0 radical (unpaired) electrons. The van der Waals surface area contributed by atoms with Gasteiger partial charge in [0.2, 0.25) is 0 Å². The first-order valence-corrected chi connectivity index (χ1v) is 7.39. The third kappa shape index (κ3) is 3.48. The van der Waals surface area contributed by atoms with Crippen LogP contribution in [0.3, 0.4) is 0 Å². The summed E-state index contributed by atoms with van der Waals surface area (Å²) in [7, 11) is 0. The molecular formula is C15H24O4. The summed E-state index contributed by atoms with van der Waals surface area (Å²) in [4.78, 5) is 22.3. The number of rotatable bonds is 4. The largest absolute Gasteiger partial charge is 0.481 e. The van der Waals surface area contributed by atoms with E-state index in [1.807, 2.05) is 0 Å². The number of carboxylic acid groups (broad SMARTS) is 2. The Morgan fingerprint density at radius 2 is 1.32 bits per heavy atom. The maximum Gasteiger partial charge on any atom is 0.303 e. The van der Waals surface area contributed by atoms with Gasteiger partial charge in [0.15, 0.2) is 0 Å². The fourth-order valence-electron chi connectivity index (χ4n) is 4.55. The second-order valence-electron chi connectivity index (χ2n) is 6.73. The van der Waals surface area contributed by atoms with Crippen molar-refractivity contribution >= 4 is 11.9 Å². The Balaban J connectivity index is 2.16. The van der Waals surface area contributed by atoms with E-state index in [0.717, 1.165) is 38.5 Å². The molecule has 19 heavy (non-hydrogen) atoms. The number of hydrogen-bond acceptors (Lipinski definition) is 2. The highest BCUT2D eigenvalue weighted by molar-refractivity contribution is 5.72. The molecule has 2 rings (SSSR count). The van der Waals surface area contributed by atoms with Crippen molar-refractivity contribution in [3.8, 4) is 0 Å². The molecule has 108 valence electrons. The summed E-state index contributed by atoms with van der Waals surface area (Å²) in [5, 5.41) is 18.3. The predicted octanol–water partition coefficient (Wildman–Crippen LogP) is 3.45. The van der Waals surface area contributed by atoms with Gasteiger partial charge in [-0.1, -0.05) is 25.7 Å². The maximum absolute atomic E-state index is 11.1. The number of carboxylic acids is 2. The molecule has 0 aromatic carbocycles. The highest BCUT2D eigenvalue weighted by Crippen LogP contribution is 2.56. The van der Waals surface area contributed by atoms with E-state index in [0.29, 0.717) is 0 Å². The van der Waals surface area contributed by atoms with Crippen molar-refractivity contribution in [1.29, 1.82) is 0 Å². The first-order chi connectivity index (χ1) is 8.95. The second kappa shape index (κ2) is 5.51. The van der Waals surface area contributed by atoms with Crippen molar-refractivity contribution in [1.82, 2.24) is 0 Å². The van der Waals surface area contributed by atoms with Crippen molar-refractivity contribution in [3.05, 3.63) is 0 Å². The first kappa shape index (κ1) is 14.4. The molecule has 0 saturated heterocycles. The lowest BCUT2D eigenvalue weighted by atomic mass is 9.55. The molecule has 0 heterocycles. The van der Waals surface area contributed by atoms with Crippen LogP contribution in [0.25, 0.3) is 0 Å². The molecule has 1 spiro atoms. The van der Waals surface area contributed by atoms with E-state index in [9.17, 15) is 9.59 Å². The Kier molecular flexibility index (Phi) is 4.16. The fourth-order valence-corrected chi connectivity index (χ4v) is 4.55. The molecule has 4 heteroatoms. The summed E-state index contributed by atoms with van der Waals surface area (Å²) in [5.74, 6) is -1.71. The van der Waals surface area contributed by atoms with E-state index in [4.69, 9.17) is 10.2 Å². The molecule has 0 amide bonds. The van der Waals surface area contributed by atoms with Gasteiger partial charge in [0, 0.05) is 0 Å². The monoisotopic (exact) mass is 268 g/mol. The quantitative estimate of drug-likeness (QED) is 0.819. The van der Waals surface area contributed by atoms with Crippen molar-refractivity contribution in [2.75, 3.05) is 0 Å². The van der Waals surface area contributed by atoms with Gasteiger partial charge in [0.25, 0.3) is 0 Å². The lowest BCUT2D eigenvalue weighted by Gasteiger charge is -2.49. The Morgan fingerprint density at radius 3 is 1.84 bits per heavy atom. The Labute approximate surface area is 114 Å². The van der Waals surface area contributed by atoms with E-state index in [2.05, 4.69) is 0 Å². The van der Waals surface area contributed by atoms with Gasteiger partial charge in [-0.05, 0) is 42.9 Å². The lowest BCUT2D eigenvalue weighted by Crippen LogP contribution is -2.40. The van der Waals surface area contributed by atoms with Gasteiger partial charge in [-0.2, -0.15) is 0 Å². The van der Waals surface area contributed by atoms with Crippen LogP contribution in [0.2, 0.25) is 0 Å². The zero-order valence-electron chi connectivity index (χ0n) is 11.5. The van der Waals surface area contributed by atoms with Gasteiger partial charge < -0.3 is 10.2 Å². The summed E-state index contributed by atoms with van der Waals surface area (Å²) in [6.45, 7) is 0. The van der Waals surface area contributed by atoms with E-state index in [1.165, 1.54) is 19.3 Å². The summed E-state index contributed by atoms with van der Waals surface area (Å²) in [5.41, 5.74) is -0.269. The molecule has 0 bridgehead atoms. The first-order valence-electron chi connectivity index (χ1n) is 7.39. The minimum absolute atomic E-state index is 0.0149. The summed E-state index contributed by atoms with van der Waals surface area (Å²) in [6.07, 6.45) is 9.77. The van der Waals surface area contributed by atoms with Crippen LogP contribution in [0.5, 0.6) is 0 Å². The third-order valence-corrected chi connectivity index (χ3v) is 5.13. The summed E-state index contributed by atoms with van der Waals surface area (Å²) in [6, 6.07) is 0. The molecule has 0 atom stereocenters. The molecule has 0 aliphatic heterocycles. The van der Waals surface area contributed by atoms with Crippen LogP contribution in [0.15, 0.2) is 0 Å². The van der Waals surface area contributed by atoms with Crippen molar-refractivity contribution < 1.29 is 19.8 Å². The number of aliphatic carboxylic acids is 2. The van der Waals surface area contributed by atoms with Crippen molar-refractivity contribution in [3.63, 3.8) is 0 Å². The molecule has 2 aliphatic rings. The van der Waals surface area contributed by atoms with E-state index in [1.54, 1.807) is 0 Å². The molecule has 4 nitrogen and oxygen atoms in total. The Hall–Kier alpha value is -1.06. The Bertz CT molecular complexity index is 334. The molecule has 2 saturated carbocycles. The molecule has 0 unspecified atom stereocenters. The van der Waals surface area contributed by atoms with Crippen molar-refractivity contribution in [2.24, 2.45) is 10.8 Å². The van der Waals surface area contributed by atoms with Gasteiger partial charge in [-0.3, -0.25) is 9.59 Å². The van der Waals surface area contributed by atoms with Crippen LogP contribution in [0, 0.1) is 10.8 Å². The zero-order valence-corrected chi connectivity index (χ0v) is 11.5. The normalized spacial score (nSPS) is 25.1. The predicted molar refractivity (Wildman–Crippen MR) is 70.9 cm³/mol. The van der Waals surface area contributed by atoms with Crippen LogP contribution in [-0.2, 0) is 9.59 Å². The summed E-state index contributed by atoms with van der Waals surface area (Å²) < 4.78 is 0. The molecule has 2 N–H and O–H groups in total. The van der Waals surface area contributed by atoms with Crippen LogP contribution in [0.1, 0.15) is 70.6 Å². The highest BCUT2D eigenvalue weighted by atomic mass is 16.4. The van der Waals surface area contributed by atoms with Gasteiger partial charge in [-0.25, -0.2) is 0 Å². The SMILES string of the molecule is O=C(O)CC1(CC(=O)O)CCCC2(CCCCC2)C1. The fraction of sp³-hybridized carbons (Fsp3) is 0.867. The molecule has 0 aromatic heterocycles. The molecule has 0 aromatic rings. The van der Waals surface area contributed by atoms with Gasteiger partial charge >= 0.3 is 11.9 Å². The topological polar surface area (TPSA) is 74.6 Å². The molecular weight excluding hydrogens is 244 g/mol. The molecule has 2 fully saturated rings. The lowest BCUT2D eigenvalue weighted by molar-refractivity contribution is -0.147. The van der Waals surface area contributed by atoms with Gasteiger partial charge in [-0.15, -0.1) is 0 Å². The van der Waals surface area contributed by atoms with E-state index < -0.39 is 17.4 Å². The van der Waals surface area contributed by atoms with Crippen LogP contribution in [0.4, 0.5) is 0 Å². The number of carbonyl (C=O) groups is 2. The number of hydrogen-bond donors (Lipinski definition) is 2. The van der Waals surface area contributed by atoms with Crippen LogP contribution < -0.4 is 0 Å². The Morgan fingerprint density at radius 1 is 0.789 bits per heavy atom. The standard InChI is InChI=1S/C15H24O4/c16-12(17)9-15(10-13(18)19)8-4-7-14(11-15)5-2-1-3-6-14/h1-11H2,(H,16,17)(H,18,19). The van der Waals surface area contributed by atoms with Gasteiger partial charge in [0.05, 0.1) is 12.8 Å². The van der Waals surface area contributed by atoms with E-state index >= 15 is 0 Å². The maximum atomic E-state index is 11.1. The van der Waals surface area contributed by atoms with Crippen LogP contribution >= 0.6 is 0 Å². The smallest absolute Gasteiger partial charge is 0.303 e. The van der Waals surface area contributed by atoms with Gasteiger partial charge in [0.1, 0.15) is 0 Å². The zero-order chi connectivity index (χ0) is 13.9.